The summed E-state index contributed by atoms with van der Waals surface area (Å²) in [4.78, 5) is 32.3. The highest BCUT2D eigenvalue weighted by atomic mass is 16.5. The Kier molecular flexibility index (Phi) is 5.48. The second-order valence-electron chi connectivity index (χ2n) is 6.15. The van der Waals surface area contributed by atoms with Crippen LogP contribution in [0.4, 0.5) is 5.82 Å². The van der Waals surface area contributed by atoms with E-state index in [4.69, 9.17) is 10.5 Å². The third-order valence-corrected chi connectivity index (χ3v) is 4.43. The predicted molar refractivity (Wildman–Crippen MR) is 98.0 cm³/mol. The first-order valence-corrected chi connectivity index (χ1v) is 8.47. The minimum absolute atomic E-state index is 0.00441. The first-order valence-electron chi connectivity index (χ1n) is 8.47. The Hall–Kier alpha value is -2.93. The summed E-state index contributed by atoms with van der Waals surface area (Å²) in [5.41, 5.74) is 7.52. The Morgan fingerprint density at radius 2 is 1.81 bits per heavy atom. The van der Waals surface area contributed by atoms with Crippen molar-refractivity contribution in [3.05, 3.63) is 59.3 Å². The van der Waals surface area contributed by atoms with Gasteiger partial charge in [-0.15, -0.1) is 0 Å². The number of benzene rings is 1. The third kappa shape index (κ3) is 3.83. The van der Waals surface area contributed by atoms with Gasteiger partial charge in [0.2, 0.25) is 0 Å². The quantitative estimate of drug-likeness (QED) is 0.874. The van der Waals surface area contributed by atoms with Crippen molar-refractivity contribution in [3.8, 4) is 0 Å². The lowest BCUT2D eigenvalue weighted by molar-refractivity contribution is 0.0745. The zero-order chi connectivity index (χ0) is 18.5. The summed E-state index contributed by atoms with van der Waals surface area (Å²) in [6, 6.07) is 10.8. The standard InChI is InChI=1S/C19H22N4O3/c1-26-13-14-4-6-15(7-5-14)19(25)23-11-9-22(10-12-23)18-16(17(20)24)3-2-8-21-18/h2-8H,9-13H2,1H3,(H2,20,24). The van der Waals surface area contributed by atoms with Crippen LogP contribution >= 0.6 is 0 Å². The maximum absolute atomic E-state index is 12.7. The lowest BCUT2D eigenvalue weighted by atomic mass is 10.1. The van der Waals surface area contributed by atoms with E-state index in [-0.39, 0.29) is 5.91 Å². The van der Waals surface area contributed by atoms with Gasteiger partial charge in [0, 0.05) is 45.0 Å². The van der Waals surface area contributed by atoms with E-state index in [2.05, 4.69) is 4.98 Å². The van der Waals surface area contributed by atoms with Crippen LogP contribution in [0.5, 0.6) is 0 Å². The minimum atomic E-state index is -0.497. The van der Waals surface area contributed by atoms with Crippen LogP contribution in [0, 0.1) is 0 Å². The Bertz CT molecular complexity index is 784. The summed E-state index contributed by atoms with van der Waals surface area (Å²) in [5.74, 6) is 0.0866. The number of ether oxygens (including phenoxy) is 1. The van der Waals surface area contributed by atoms with Crippen LogP contribution < -0.4 is 10.6 Å². The minimum Gasteiger partial charge on any atom is -0.380 e. The molecule has 136 valence electrons. The molecule has 0 saturated carbocycles. The molecule has 0 bridgehead atoms. The van der Waals surface area contributed by atoms with Gasteiger partial charge in [-0.2, -0.15) is 0 Å². The normalized spacial score (nSPS) is 14.3. The van der Waals surface area contributed by atoms with Crippen molar-refractivity contribution >= 4 is 17.6 Å². The van der Waals surface area contributed by atoms with E-state index in [9.17, 15) is 9.59 Å². The Balaban J connectivity index is 1.65. The topological polar surface area (TPSA) is 88.8 Å². The van der Waals surface area contributed by atoms with Gasteiger partial charge in [0.1, 0.15) is 5.82 Å². The van der Waals surface area contributed by atoms with Gasteiger partial charge in [-0.3, -0.25) is 9.59 Å². The van der Waals surface area contributed by atoms with Crippen LogP contribution in [-0.4, -0.2) is 55.0 Å². The number of hydrogen-bond acceptors (Lipinski definition) is 5. The zero-order valence-corrected chi connectivity index (χ0v) is 14.7. The molecule has 2 N–H and O–H groups in total. The Morgan fingerprint density at radius 1 is 1.12 bits per heavy atom. The predicted octanol–water partition coefficient (Wildman–Crippen LogP) is 1.29. The third-order valence-electron chi connectivity index (χ3n) is 4.43. The molecule has 0 atom stereocenters. The van der Waals surface area contributed by atoms with E-state index in [1.165, 1.54) is 0 Å². The van der Waals surface area contributed by atoms with E-state index in [0.717, 1.165) is 5.56 Å². The van der Waals surface area contributed by atoms with Crippen LogP contribution in [0.25, 0.3) is 0 Å². The molecule has 1 saturated heterocycles. The molecule has 2 heterocycles. The van der Waals surface area contributed by atoms with E-state index in [1.807, 2.05) is 34.1 Å². The Morgan fingerprint density at radius 3 is 2.42 bits per heavy atom. The molecule has 0 aliphatic carbocycles. The molecule has 1 aliphatic rings. The molecule has 1 aromatic heterocycles. The number of hydrogen-bond donors (Lipinski definition) is 1. The van der Waals surface area contributed by atoms with Crippen molar-refractivity contribution < 1.29 is 14.3 Å². The van der Waals surface area contributed by atoms with Gasteiger partial charge in [0.05, 0.1) is 12.2 Å². The fraction of sp³-hybridized carbons (Fsp3) is 0.316. The van der Waals surface area contributed by atoms with Crippen LogP contribution in [-0.2, 0) is 11.3 Å². The molecular weight excluding hydrogens is 332 g/mol. The number of anilines is 1. The van der Waals surface area contributed by atoms with Gasteiger partial charge in [-0.1, -0.05) is 12.1 Å². The second kappa shape index (κ2) is 7.97. The Labute approximate surface area is 152 Å². The average molecular weight is 354 g/mol. The van der Waals surface area contributed by atoms with Crippen molar-refractivity contribution in [1.82, 2.24) is 9.88 Å². The number of methoxy groups -OCH3 is 1. The summed E-state index contributed by atoms with van der Waals surface area (Å²) in [6.07, 6.45) is 1.64. The fourth-order valence-corrected chi connectivity index (χ4v) is 3.06. The molecule has 1 aliphatic heterocycles. The molecule has 7 heteroatoms. The maximum Gasteiger partial charge on any atom is 0.253 e. The van der Waals surface area contributed by atoms with Crippen LogP contribution in [0.15, 0.2) is 42.6 Å². The molecular formula is C19H22N4O3. The van der Waals surface area contributed by atoms with Crippen molar-refractivity contribution in [3.63, 3.8) is 0 Å². The van der Waals surface area contributed by atoms with Gasteiger partial charge in [-0.05, 0) is 29.8 Å². The van der Waals surface area contributed by atoms with Gasteiger partial charge >= 0.3 is 0 Å². The highest BCUT2D eigenvalue weighted by molar-refractivity contribution is 5.98. The van der Waals surface area contributed by atoms with E-state index in [0.29, 0.717) is 49.7 Å². The summed E-state index contributed by atoms with van der Waals surface area (Å²) in [5, 5.41) is 0. The number of nitrogens with two attached hydrogens (primary N) is 1. The van der Waals surface area contributed by atoms with Crippen molar-refractivity contribution in [1.29, 1.82) is 0 Å². The van der Waals surface area contributed by atoms with E-state index < -0.39 is 5.91 Å². The molecule has 26 heavy (non-hydrogen) atoms. The number of nitrogens with zero attached hydrogens (tertiary/aromatic N) is 3. The maximum atomic E-state index is 12.7. The van der Waals surface area contributed by atoms with Gasteiger partial charge in [-0.25, -0.2) is 4.98 Å². The second-order valence-corrected chi connectivity index (χ2v) is 6.15. The number of carbonyl (C=O) groups excluding carboxylic acids is 2. The number of pyridine rings is 1. The lowest BCUT2D eigenvalue weighted by Gasteiger charge is -2.36. The number of carbonyl (C=O) groups is 2. The van der Waals surface area contributed by atoms with Crippen molar-refractivity contribution in [2.75, 3.05) is 38.2 Å². The van der Waals surface area contributed by atoms with Gasteiger partial charge in [0.25, 0.3) is 11.8 Å². The highest BCUT2D eigenvalue weighted by Gasteiger charge is 2.25. The number of rotatable bonds is 5. The monoisotopic (exact) mass is 354 g/mol. The molecule has 3 rings (SSSR count). The highest BCUT2D eigenvalue weighted by Crippen LogP contribution is 2.19. The molecule has 7 nitrogen and oxygen atoms in total. The molecule has 0 unspecified atom stereocenters. The molecule has 2 aromatic rings. The summed E-state index contributed by atoms with van der Waals surface area (Å²) in [6.45, 7) is 2.86. The van der Waals surface area contributed by atoms with E-state index in [1.54, 1.807) is 25.4 Å². The number of aromatic nitrogens is 1. The summed E-state index contributed by atoms with van der Waals surface area (Å²) < 4.78 is 5.09. The summed E-state index contributed by atoms with van der Waals surface area (Å²) in [7, 11) is 1.64. The molecule has 0 spiro atoms. The van der Waals surface area contributed by atoms with Crippen LogP contribution in [0.3, 0.4) is 0 Å². The average Bonchev–Trinajstić information content (AvgIpc) is 2.68. The fourth-order valence-electron chi connectivity index (χ4n) is 3.06. The molecule has 1 aromatic carbocycles. The molecule has 0 radical (unpaired) electrons. The molecule has 1 fully saturated rings. The molecule has 2 amide bonds. The largest absolute Gasteiger partial charge is 0.380 e. The lowest BCUT2D eigenvalue weighted by Crippen LogP contribution is -2.49. The first-order chi connectivity index (χ1) is 12.6. The number of amides is 2. The van der Waals surface area contributed by atoms with E-state index >= 15 is 0 Å². The SMILES string of the molecule is COCc1ccc(C(=O)N2CCN(c3ncccc3C(N)=O)CC2)cc1. The van der Waals surface area contributed by atoms with Crippen molar-refractivity contribution in [2.45, 2.75) is 6.61 Å². The van der Waals surface area contributed by atoms with Crippen molar-refractivity contribution in [2.24, 2.45) is 5.73 Å². The van der Waals surface area contributed by atoms with Gasteiger partial charge in [0.15, 0.2) is 0 Å². The van der Waals surface area contributed by atoms with Gasteiger partial charge < -0.3 is 20.3 Å². The smallest absolute Gasteiger partial charge is 0.253 e. The van der Waals surface area contributed by atoms with Crippen LogP contribution in [0.1, 0.15) is 26.3 Å². The number of piperazine rings is 1. The summed E-state index contributed by atoms with van der Waals surface area (Å²) >= 11 is 0. The first kappa shape index (κ1) is 17.9. The zero-order valence-electron chi connectivity index (χ0n) is 14.7. The number of primary amides is 1. The van der Waals surface area contributed by atoms with Crippen LogP contribution in [0.2, 0.25) is 0 Å².